The maximum absolute atomic E-state index is 14.5. The van der Waals surface area contributed by atoms with Crippen LogP contribution in [0.2, 0.25) is 0 Å². The van der Waals surface area contributed by atoms with Gasteiger partial charge in [-0.05, 0) is 63.5 Å². The van der Waals surface area contributed by atoms with Gasteiger partial charge in [-0.2, -0.15) is 0 Å². The van der Waals surface area contributed by atoms with Crippen LogP contribution in [0.15, 0.2) is 77.3 Å². The molecule has 1 heterocycles. The quantitative estimate of drug-likeness (QED) is 0.153. The summed E-state index contributed by atoms with van der Waals surface area (Å²) >= 11 is 3.57. The van der Waals surface area contributed by atoms with Gasteiger partial charge in [-0.1, -0.05) is 36.4 Å². The van der Waals surface area contributed by atoms with Crippen LogP contribution in [0, 0.1) is 0 Å². The van der Waals surface area contributed by atoms with Gasteiger partial charge in [0.15, 0.2) is 11.5 Å². The Bertz CT molecular complexity index is 1470. The lowest BCUT2D eigenvalue weighted by Gasteiger charge is -2.43. The predicted molar refractivity (Wildman–Crippen MR) is 171 cm³/mol. The molecule has 1 aliphatic carbocycles. The van der Waals surface area contributed by atoms with Gasteiger partial charge in [0.1, 0.15) is 43.4 Å². The number of hydrogen-bond donors (Lipinski definition) is 0. The van der Waals surface area contributed by atoms with Gasteiger partial charge in [0, 0.05) is 25.2 Å². The van der Waals surface area contributed by atoms with E-state index in [0.717, 1.165) is 16.9 Å². The Morgan fingerprint density at radius 3 is 1.98 bits per heavy atom. The molecule has 0 N–H and O–H groups in total. The summed E-state index contributed by atoms with van der Waals surface area (Å²) in [6.07, 6.45) is 1.95. The fourth-order valence-corrected chi connectivity index (χ4v) is 5.81. The third-order valence-corrected chi connectivity index (χ3v) is 8.32. The first-order chi connectivity index (χ1) is 22.4. The molecule has 0 spiro atoms. The van der Waals surface area contributed by atoms with Crippen LogP contribution in [0.1, 0.15) is 21.5 Å². The second-order valence-corrected chi connectivity index (χ2v) is 11.4. The lowest BCUT2D eigenvalue weighted by molar-refractivity contribution is -0.200. The zero-order chi connectivity index (χ0) is 32.5. The molecule has 4 atom stereocenters. The van der Waals surface area contributed by atoms with Crippen LogP contribution in [0.5, 0.6) is 23.0 Å². The summed E-state index contributed by atoms with van der Waals surface area (Å²) < 4.78 is 51.8. The van der Waals surface area contributed by atoms with Crippen LogP contribution < -0.4 is 18.9 Å². The van der Waals surface area contributed by atoms with Gasteiger partial charge < -0.3 is 47.5 Å². The molecule has 0 saturated heterocycles. The summed E-state index contributed by atoms with van der Waals surface area (Å²) in [6.45, 7) is 0.599. The highest BCUT2D eigenvalue weighted by molar-refractivity contribution is 9.10. The average molecular weight is 701 g/mol. The van der Waals surface area contributed by atoms with Crippen molar-refractivity contribution in [2.45, 2.75) is 37.5 Å². The molecule has 0 unspecified atom stereocenters. The van der Waals surface area contributed by atoms with E-state index in [-0.39, 0.29) is 32.8 Å². The largest absolute Gasteiger partial charge is 0.497 e. The Kier molecular flexibility index (Phi) is 11.9. The van der Waals surface area contributed by atoms with E-state index in [4.69, 9.17) is 42.6 Å². The second-order valence-electron chi connectivity index (χ2n) is 10.5. The molecule has 12 heteroatoms. The number of carbonyl (C=O) groups excluding carboxylic acids is 1. The van der Waals surface area contributed by atoms with Crippen molar-refractivity contribution in [2.75, 3.05) is 48.8 Å². The molecule has 3 aromatic rings. The van der Waals surface area contributed by atoms with E-state index in [1.54, 1.807) is 45.5 Å². The van der Waals surface area contributed by atoms with E-state index in [1.165, 1.54) is 0 Å². The molecule has 2 aliphatic rings. The molecule has 3 aromatic carbocycles. The van der Waals surface area contributed by atoms with Gasteiger partial charge in [-0.15, -0.1) is 0 Å². The normalized spacial score (nSPS) is 20.0. The molecule has 5 rings (SSSR count). The highest BCUT2D eigenvalue weighted by Crippen LogP contribution is 2.38. The SMILES string of the molecule is COCO[C@@H]1[C@H](OCOC)[C@@H](OCc2ccc(OC)cc2)C=C[C@H]1N(Cc1ccc(OC)cc1)C(=O)c1cc2c(cc1Br)OCO2. The highest BCUT2D eigenvalue weighted by Gasteiger charge is 2.43. The number of benzene rings is 3. The zero-order valence-corrected chi connectivity index (χ0v) is 27.8. The fourth-order valence-electron chi connectivity index (χ4n) is 5.32. The monoisotopic (exact) mass is 699 g/mol. The smallest absolute Gasteiger partial charge is 0.256 e. The molecule has 0 radical (unpaired) electrons. The van der Waals surface area contributed by atoms with Crippen molar-refractivity contribution in [3.05, 3.63) is 94.0 Å². The minimum Gasteiger partial charge on any atom is -0.497 e. The zero-order valence-electron chi connectivity index (χ0n) is 26.2. The van der Waals surface area contributed by atoms with E-state index in [0.29, 0.717) is 33.9 Å². The first-order valence-corrected chi connectivity index (χ1v) is 15.4. The predicted octanol–water partition coefficient (Wildman–Crippen LogP) is 5.34. The van der Waals surface area contributed by atoms with E-state index in [1.807, 2.05) is 60.7 Å². The molecule has 246 valence electrons. The Labute approximate surface area is 276 Å². The van der Waals surface area contributed by atoms with Crippen LogP contribution in [-0.2, 0) is 36.8 Å². The van der Waals surface area contributed by atoms with Crippen molar-refractivity contribution in [1.82, 2.24) is 4.90 Å². The van der Waals surface area contributed by atoms with Crippen molar-refractivity contribution in [2.24, 2.45) is 0 Å². The van der Waals surface area contributed by atoms with Crippen LogP contribution >= 0.6 is 15.9 Å². The molecular formula is C34H38BrNO10. The Balaban J connectivity index is 1.50. The summed E-state index contributed by atoms with van der Waals surface area (Å²) in [5.74, 6) is 2.27. The summed E-state index contributed by atoms with van der Waals surface area (Å²) in [4.78, 5) is 16.3. The summed E-state index contributed by atoms with van der Waals surface area (Å²) in [7, 11) is 6.33. The Hall–Kier alpha value is -3.65. The topological polar surface area (TPSA) is 103 Å². The highest BCUT2D eigenvalue weighted by atomic mass is 79.9. The maximum atomic E-state index is 14.5. The Morgan fingerprint density at radius 2 is 1.37 bits per heavy atom. The first kappa shape index (κ1) is 33.7. The number of ether oxygens (including phenoxy) is 9. The maximum Gasteiger partial charge on any atom is 0.256 e. The molecule has 11 nitrogen and oxygen atoms in total. The molecular weight excluding hydrogens is 662 g/mol. The summed E-state index contributed by atoms with van der Waals surface area (Å²) in [5.41, 5.74) is 2.25. The Morgan fingerprint density at radius 1 is 0.783 bits per heavy atom. The van der Waals surface area contributed by atoms with E-state index in [9.17, 15) is 4.79 Å². The number of amides is 1. The van der Waals surface area contributed by atoms with Crippen molar-refractivity contribution in [3.63, 3.8) is 0 Å². The van der Waals surface area contributed by atoms with Gasteiger partial charge in [0.25, 0.3) is 5.91 Å². The van der Waals surface area contributed by atoms with Crippen molar-refractivity contribution in [3.8, 4) is 23.0 Å². The number of carbonyl (C=O) groups is 1. The van der Waals surface area contributed by atoms with Gasteiger partial charge in [0.2, 0.25) is 6.79 Å². The van der Waals surface area contributed by atoms with E-state index >= 15 is 0 Å². The van der Waals surface area contributed by atoms with Crippen molar-refractivity contribution in [1.29, 1.82) is 0 Å². The number of halogens is 1. The molecule has 0 aromatic heterocycles. The van der Waals surface area contributed by atoms with E-state index in [2.05, 4.69) is 15.9 Å². The minimum absolute atomic E-state index is 0.0133. The first-order valence-electron chi connectivity index (χ1n) is 14.6. The number of fused-ring (bicyclic) bond motifs is 1. The third-order valence-electron chi connectivity index (χ3n) is 7.67. The van der Waals surface area contributed by atoms with Crippen LogP contribution in [0.25, 0.3) is 0 Å². The molecule has 1 aliphatic heterocycles. The molecule has 1 amide bonds. The number of rotatable bonds is 15. The van der Waals surface area contributed by atoms with E-state index < -0.39 is 24.4 Å². The van der Waals surface area contributed by atoms with Gasteiger partial charge in [-0.25, -0.2) is 0 Å². The van der Waals surface area contributed by atoms with Gasteiger partial charge in [-0.3, -0.25) is 4.79 Å². The second kappa shape index (κ2) is 16.3. The standard InChI is InChI=1S/C34H38BrNO10/c1-38-19-45-32-28(13-14-29(33(32)46-20-39-2)42-18-23-7-11-25(41-4)12-8-23)36(17-22-5-9-24(40-3)10-6-22)34(37)26-15-30-31(16-27(26)35)44-21-43-30/h5-16,28-29,32-33H,17-21H2,1-4H3/t28-,29+,32+,33-/m1/s1. The average Bonchev–Trinajstić information content (AvgIpc) is 3.55. The third kappa shape index (κ3) is 8.00. The van der Waals surface area contributed by atoms with Crippen molar-refractivity contribution >= 4 is 21.8 Å². The number of nitrogens with zero attached hydrogens (tertiary/aromatic N) is 1. The van der Waals surface area contributed by atoms with Crippen molar-refractivity contribution < 1.29 is 47.4 Å². The number of hydrogen-bond acceptors (Lipinski definition) is 10. The lowest BCUT2D eigenvalue weighted by atomic mass is 9.91. The number of methoxy groups -OCH3 is 4. The van der Waals surface area contributed by atoms with Crippen LogP contribution in [-0.4, -0.2) is 84.0 Å². The van der Waals surface area contributed by atoms with Gasteiger partial charge >= 0.3 is 0 Å². The molecule has 0 bridgehead atoms. The molecule has 0 saturated carbocycles. The molecule has 46 heavy (non-hydrogen) atoms. The lowest BCUT2D eigenvalue weighted by Crippen LogP contribution is -2.57. The molecule has 0 fully saturated rings. The summed E-state index contributed by atoms with van der Waals surface area (Å²) in [6, 6.07) is 18.0. The summed E-state index contributed by atoms with van der Waals surface area (Å²) in [5, 5.41) is 0. The minimum atomic E-state index is -0.698. The fraction of sp³-hybridized carbons (Fsp3) is 0.382. The van der Waals surface area contributed by atoms with Crippen LogP contribution in [0.3, 0.4) is 0 Å². The van der Waals surface area contributed by atoms with Crippen LogP contribution in [0.4, 0.5) is 0 Å². The van der Waals surface area contributed by atoms with Gasteiger partial charge in [0.05, 0.1) is 32.4 Å².